The van der Waals surface area contributed by atoms with Gasteiger partial charge < -0.3 is 18.8 Å². The molecule has 1 fully saturated rings. The largest absolute Gasteiger partial charge is 0.460 e. The first-order chi connectivity index (χ1) is 11.5. The van der Waals surface area contributed by atoms with Gasteiger partial charge in [0.25, 0.3) is 0 Å². The van der Waals surface area contributed by atoms with Crippen molar-refractivity contribution in [1.82, 2.24) is 0 Å². The van der Waals surface area contributed by atoms with E-state index in [0.717, 1.165) is 35.1 Å². The van der Waals surface area contributed by atoms with E-state index in [2.05, 4.69) is 29.8 Å². The number of hydrogen-bond donors (Lipinski definition) is 1. The Morgan fingerprint density at radius 2 is 2.04 bits per heavy atom. The molecule has 1 aromatic heterocycles. The quantitative estimate of drug-likeness (QED) is 0.806. The van der Waals surface area contributed by atoms with Crippen LogP contribution in [0.15, 0.2) is 27.1 Å². The van der Waals surface area contributed by atoms with E-state index in [9.17, 15) is 4.79 Å². The number of halogens is 1. The van der Waals surface area contributed by atoms with E-state index in [1.54, 1.807) is 6.92 Å². The molecule has 1 aliphatic heterocycles. The second-order valence-electron chi connectivity index (χ2n) is 6.36. The third-order valence-electron chi connectivity index (χ3n) is 4.26. The maximum atomic E-state index is 12.3. The summed E-state index contributed by atoms with van der Waals surface area (Å²) in [5.74, 6) is -0.0715. The number of esters is 1. The molecule has 3 atom stereocenters. The smallest absolute Gasteiger partial charge is 0.374 e. The molecular formula is C18H23BrNO4+. The molecule has 1 N–H and O–H groups in total. The maximum absolute atomic E-state index is 12.3. The zero-order valence-corrected chi connectivity index (χ0v) is 15.8. The van der Waals surface area contributed by atoms with Crippen LogP contribution in [0.4, 0.5) is 0 Å². The van der Waals surface area contributed by atoms with E-state index in [0.29, 0.717) is 18.0 Å². The summed E-state index contributed by atoms with van der Waals surface area (Å²) in [5, 5.41) is 0.965. The van der Waals surface area contributed by atoms with Crippen molar-refractivity contribution in [3.8, 4) is 0 Å². The summed E-state index contributed by atoms with van der Waals surface area (Å²) in [7, 11) is 0. The van der Waals surface area contributed by atoms with Gasteiger partial charge in [-0.25, -0.2) is 4.79 Å². The Morgan fingerprint density at radius 3 is 2.71 bits per heavy atom. The van der Waals surface area contributed by atoms with Gasteiger partial charge in [0.2, 0.25) is 5.76 Å². The molecule has 5 nitrogen and oxygen atoms in total. The van der Waals surface area contributed by atoms with Crippen molar-refractivity contribution in [2.24, 2.45) is 0 Å². The van der Waals surface area contributed by atoms with Crippen molar-refractivity contribution >= 4 is 32.9 Å². The number of carbonyl (C=O) groups excluding carboxylic acids is 1. The highest BCUT2D eigenvalue weighted by Crippen LogP contribution is 2.29. The first-order valence-corrected chi connectivity index (χ1v) is 9.14. The highest BCUT2D eigenvalue weighted by atomic mass is 79.9. The molecule has 1 unspecified atom stereocenters. The summed E-state index contributed by atoms with van der Waals surface area (Å²) in [5.41, 5.74) is 1.63. The van der Waals surface area contributed by atoms with Gasteiger partial charge in [0.05, 0.1) is 12.2 Å². The Balaban J connectivity index is 1.98. The highest BCUT2D eigenvalue weighted by molar-refractivity contribution is 9.10. The standard InChI is InChI=1S/C18H22BrNO4/c1-4-22-18(21)17-15(10-20-8-11(2)23-12(3)9-20)14-7-13(19)5-6-16(14)24-17/h5-7,11-12H,4,8-10H2,1-3H3/p+1/t11-,12+. The number of quaternary nitrogens is 1. The van der Waals surface area contributed by atoms with Crippen molar-refractivity contribution in [3.05, 3.63) is 34.0 Å². The molecule has 0 amide bonds. The predicted octanol–water partition coefficient (Wildman–Crippen LogP) is 2.56. The summed E-state index contributed by atoms with van der Waals surface area (Å²) in [4.78, 5) is 13.7. The third-order valence-corrected chi connectivity index (χ3v) is 4.75. The summed E-state index contributed by atoms with van der Waals surface area (Å²) in [6, 6.07) is 5.80. The average molecular weight is 397 g/mol. The number of carbonyl (C=O) groups is 1. The molecule has 0 bridgehead atoms. The van der Waals surface area contributed by atoms with Gasteiger partial charge in [-0.05, 0) is 39.0 Å². The molecule has 2 heterocycles. The Morgan fingerprint density at radius 1 is 1.33 bits per heavy atom. The number of ether oxygens (including phenoxy) is 2. The summed E-state index contributed by atoms with van der Waals surface area (Å²) in [6.45, 7) is 8.85. The van der Waals surface area contributed by atoms with Crippen LogP contribution in [-0.2, 0) is 16.0 Å². The zero-order valence-electron chi connectivity index (χ0n) is 14.2. The molecule has 0 radical (unpaired) electrons. The topological polar surface area (TPSA) is 53.1 Å². The van der Waals surface area contributed by atoms with Gasteiger partial charge in [-0.2, -0.15) is 0 Å². The molecule has 1 saturated heterocycles. The lowest BCUT2D eigenvalue weighted by Crippen LogP contribution is -3.14. The van der Waals surface area contributed by atoms with Crippen molar-refractivity contribution < 1.29 is 23.6 Å². The van der Waals surface area contributed by atoms with Crippen LogP contribution in [0.1, 0.15) is 36.9 Å². The lowest BCUT2D eigenvalue weighted by atomic mass is 10.1. The maximum Gasteiger partial charge on any atom is 0.374 e. The summed E-state index contributed by atoms with van der Waals surface area (Å²) < 4.78 is 17.8. The number of benzene rings is 1. The summed E-state index contributed by atoms with van der Waals surface area (Å²) >= 11 is 3.50. The number of furan rings is 1. The third kappa shape index (κ3) is 3.66. The number of nitrogens with one attached hydrogen (secondary N) is 1. The number of hydrogen-bond acceptors (Lipinski definition) is 4. The molecule has 6 heteroatoms. The van der Waals surface area contributed by atoms with Crippen LogP contribution < -0.4 is 4.90 Å². The molecule has 3 rings (SSSR count). The zero-order chi connectivity index (χ0) is 17.3. The van der Waals surface area contributed by atoms with Gasteiger partial charge in [0, 0.05) is 9.86 Å². The molecule has 1 aromatic carbocycles. The van der Waals surface area contributed by atoms with Crippen LogP contribution in [0.25, 0.3) is 11.0 Å². The fraction of sp³-hybridized carbons (Fsp3) is 0.500. The van der Waals surface area contributed by atoms with Crippen LogP contribution in [0.3, 0.4) is 0 Å². The van der Waals surface area contributed by atoms with Gasteiger partial charge in [0.1, 0.15) is 37.4 Å². The van der Waals surface area contributed by atoms with E-state index in [1.165, 1.54) is 4.90 Å². The Kier molecular flexibility index (Phi) is 5.27. The van der Waals surface area contributed by atoms with Crippen molar-refractivity contribution in [3.63, 3.8) is 0 Å². The van der Waals surface area contributed by atoms with Crippen LogP contribution in [0.5, 0.6) is 0 Å². The fourth-order valence-corrected chi connectivity index (χ4v) is 3.80. The molecule has 2 aromatic rings. The SMILES string of the molecule is CCOC(=O)c1oc2ccc(Br)cc2c1C[NH+]1C[C@@H](C)O[C@@H](C)C1. The highest BCUT2D eigenvalue weighted by Gasteiger charge is 2.30. The van der Waals surface area contributed by atoms with Crippen molar-refractivity contribution in [1.29, 1.82) is 0 Å². The Bertz CT molecular complexity index is 732. The first-order valence-electron chi connectivity index (χ1n) is 8.35. The van der Waals surface area contributed by atoms with E-state index < -0.39 is 5.97 Å². The molecule has 1 aliphatic rings. The second kappa shape index (κ2) is 7.25. The van der Waals surface area contributed by atoms with Gasteiger partial charge in [-0.15, -0.1) is 0 Å². The van der Waals surface area contributed by atoms with Crippen LogP contribution in [-0.4, -0.2) is 37.9 Å². The van der Waals surface area contributed by atoms with Gasteiger partial charge in [0.15, 0.2) is 0 Å². The van der Waals surface area contributed by atoms with E-state index >= 15 is 0 Å². The molecular weight excluding hydrogens is 374 g/mol. The lowest BCUT2D eigenvalue weighted by molar-refractivity contribution is -0.928. The molecule has 0 spiro atoms. The Labute approximate surface area is 150 Å². The lowest BCUT2D eigenvalue weighted by Gasteiger charge is -2.32. The first kappa shape index (κ1) is 17.5. The van der Waals surface area contributed by atoms with Crippen LogP contribution in [0.2, 0.25) is 0 Å². The molecule has 24 heavy (non-hydrogen) atoms. The van der Waals surface area contributed by atoms with Crippen molar-refractivity contribution in [2.75, 3.05) is 19.7 Å². The normalized spacial score (nSPS) is 24.2. The number of morpholine rings is 1. The Hall–Kier alpha value is -1.37. The van der Waals surface area contributed by atoms with Crippen molar-refractivity contribution in [2.45, 2.75) is 39.5 Å². The van der Waals surface area contributed by atoms with E-state index in [-0.39, 0.29) is 12.2 Å². The molecule has 130 valence electrons. The minimum atomic E-state index is -0.395. The number of rotatable bonds is 4. The average Bonchev–Trinajstić information content (AvgIpc) is 2.85. The minimum absolute atomic E-state index is 0.208. The van der Waals surface area contributed by atoms with Crippen LogP contribution >= 0.6 is 15.9 Å². The fourth-order valence-electron chi connectivity index (χ4n) is 3.44. The van der Waals surface area contributed by atoms with E-state index in [1.807, 2.05) is 18.2 Å². The predicted molar refractivity (Wildman–Crippen MR) is 94.3 cm³/mol. The number of fused-ring (bicyclic) bond motifs is 1. The summed E-state index contributed by atoms with van der Waals surface area (Å²) in [6.07, 6.45) is 0.416. The van der Waals surface area contributed by atoms with Gasteiger partial charge in [-0.3, -0.25) is 0 Å². The van der Waals surface area contributed by atoms with Crippen LogP contribution in [0, 0.1) is 0 Å². The molecule has 0 saturated carbocycles. The minimum Gasteiger partial charge on any atom is -0.460 e. The van der Waals surface area contributed by atoms with E-state index in [4.69, 9.17) is 13.9 Å². The molecule has 0 aliphatic carbocycles. The second-order valence-corrected chi connectivity index (χ2v) is 7.28. The monoisotopic (exact) mass is 396 g/mol. The van der Waals surface area contributed by atoms with Gasteiger partial charge >= 0.3 is 5.97 Å². The van der Waals surface area contributed by atoms with Gasteiger partial charge in [-0.1, -0.05) is 15.9 Å².